The predicted molar refractivity (Wildman–Crippen MR) is 65.5 cm³/mol. The van der Waals surface area contributed by atoms with Crippen LogP contribution >= 0.6 is 11.8 Å². The first-order valence-corrected chi connectivity index (χ1v) is 6.79. The Morgan fingerprint density at radius 1 is 1.50 bits per heavy atom. The number of nitrogens with zero attached hydrogens (tertiary/aromatic N) is 1. The van der Waals surface area contributed by atoms with E-state index < -0.39 is 5.60 Å². The van der Waals surface area contributed by atoms with Gasteiger partial charge >= 0.3 is 6.09 Å². The second-order valence-electron chi connectivity index (χ2n) is 5.82. The molecule has 2 rings (SSSR count). The van der Waals surface area contributed by atoms with Crippen LogP contribution in [0.25, 0.3) is 0 Å². The van der Waals surface area contributed by atoms with E-state index >= 15 is 0 Å². The van der Waals surface area contributed by atoms with Crippen LogP contribution < -0.4 is 5.73 Å². The van der Waals surface area contributed by atoms with Gasteiger partial charge in [-0.05, 0) is 20.8 Å². The number of hydrogen-bond acceptors (Lipinski definition) is 4. The van der Waals surface area contributed by atoms with Crippen molar-refractivity contribution in [3.05, 3.63) is 0 Å². The van der Waals surface area contributed by atoms with Crippen LogP contribution in [0.5, 0.6) is 0 Å². The number of nitrogens with two attached hydrogens (primary N) is 1. The molecule has 1 atom stereocenters. The highest BCUT2D eigenvalue weighted by Gasteiger charge is 2.52. The van der Waals surface area contributed by atoms with Crippen molar-refractivity contribution >= 4 is 17.9 Å². The zero-order chi connectivity index (χ0) is 12.0. The molecule has 0 aromatic carbocycles. The average molecular weight is 244 g/mol. The van der Waals surface area contributed by atoms with Gasteiger partial charge in [-0.1, -0.05) is 0 Å². The zero-order valence-electron chi connectivity index (χ0n) is 10.2. The van der Waals surface area contributed by atoms with E-state index in [1.165, 1.54) is 0 Å². The molecule has 0 saturated carbocycles. The van der Waals surface area contributed by atoms with Crippen LogP contribution in [0.4, 0.5) is 4.79 Å². The van der Waals surface area contributed by atoms with E-state index in [1.54, 1.807) is 4.90 Å². The molecule has 92 valence electrons. The lowest BCUT2D eigenvalue weighted by Crippen LogP contribution is -2.65. The normalized spacial score (nSPS) is 28.0. The monoisotopic (exact) mass is 244 g/mol. The van der Waals surface area contributed by atoms with Crippen LogP contribution in [0, 0.1) is 5.41 Å². The Morgan fingerprint density at radius 3 is 2.56 bits per heavy atom. The van der Waals surface area contributed by atoms with Gasteiger partial charge in [-0.25, -0.2) is 4.79 Å². The molecule has 0 aromatic rings. The molecule has 4 nitrogen and oxygen atoms in total. The minimum absolute atomic E-state index is 0.168. The summed E-state index contributed by atoms with van der Waals surface area (Å²) in [6, 6.07) is 0.233. The first kappa shape index (κ1) is 12.0. The molecular weight excluding hydrogens is 224 g/mol. The highest BCUT2D eigenvalue weighted by Crippen LogP contribution is 2.43. The summed E-state index contributed by atoms with van der Waals surface area (Å²) in [6.45, 7) is 7.18. The number of hydrogen-bond donors (Lipinski definition) is 1. The quantitative estimate of drug-likeness (QED) is 0.698. The Hall–Kier alpha value is -0.420. The lowest BCUT2D eigenvalue weighted by atomic mass is 9.76. The van der Waals surface area contributed by atoms with Crippen molar-refractivity contribution in [1.29, 1.82) is 0 Å². The summed E-state index contributed by atoms with van der Waals surface area (Å²) < 4.78 is 5.32. The molecule has 2 N–H and O–H groups in total. The topological polar surface area (TPSA) is 55.6 Å². The maximum absolute atomic E-state index is 11.7. The van der Waals surface area contributed by atoms with E-state index in [-0.39, 0.29) is 17.6 Å². The molecule has 1 unspecified atom stereocenters. The Labute approximate surface area is 101 Å². The number of thioether (sulfide) groups is 1. The smallest absolute Gasteiger partial charge is 0.410 e. The number of likely N-dealkylation sites (tertiary alicyclic amines) is 1. The fraction of sp³-hybridized carbons (Fsp3) is 0.909. The van der Waals surface area contributed by atoms with Crippen molar-refractivity contribution in [1.82, 2.24) is 4.90 Å². The van der Waals surface area contributed by atoms with Gasteiger partial charge in [0, 0.05) is 36.1 Å². The SMILES string of the molecule is CC(C)(C)OC(=O)N1CC2(CSCC2N)C1. The fourth-order valence-electron chi connectivity index (χ4n) is 2.17. The molecule has 2 heterocycles. The predicted octanol–water partition coefficient (Wildman–Crippen LogP) is 1.30. The number of ether oxygens (including phenoxy) is 1. The highest BCUT2D eigenvalue weighted by molar-refractivity contribution is 7.99. The van der Waals surface area contributed by atoms with Crippen molar-refractivity contribution in [2.45, 2.75) is 32.4 Å². The number of carbonyl (C=O) groups is 1. The third-order valence-corrected chi connectivity index (χ3v) is 4.51. The zero-order valence-corrected chi connectivity index (χ0v) is 11.0. The Kier molecular flexibility index (Phi) is 2.87. The third-order valence-electron chi connectivity index (χ3n) is 3.14. The fourth-order valence-corrected chi connectivity index (χ4v) is 3.70. The van der Waals surface area contributed by atoms with Crippen LogP contribution in [-0.2, 0) is 4.74 Å². The van der Waals surface area contributed by atoms with E-state index in [4.69, 9.17) is 10.5 Å². The number of rotatable bonds is 0. The van der Waals surface area contributed by atoms with Crippen LogP contribution in [0.1, 0.15) is 20.8 Å². The van der Waals surface area contributed by atoms with Gasteiger partial charge in [-0.15, -0.1) is 0 Å². The second-order valence-corrected chi connectivity index (χ2v) is 6.85. The van der Waals surface area contributed by atoms with E-state index in [0.717, 1.165) is 24.6 Å². The summed E-state index contributed by atoms with van der Waals surface area (Å²) in [4.78, 5) is 13.5. The Bertz CT molecular complexity index is 295. The minimum atomic E-state index is -0.410. The molecule has 0 aromatic heterocycles. The highest BCUT2D eigenvalue weighted by atomic mass is 32.2. The molecule has 2 aliphatic rings. The molecule has 1 spiro atoms. The summed E-state index contributed by atoms with van der Waals surface area (Å²) >= 11 is 1.89. The van der Waals surface area contributed by atoms with Crippen molar-refractivity contribution in [2.75, 3.05) is 24.6 Å². The molecule has 2 fully saturated rings. The lowest BCUT2D eigenvalue weighted by Gasteiger charge is -2.49. The van der Waals surface area contributed by atoms with Gasteiger partial charge in [0.1, 0.15) is 5.60 Å². The van der Waals surface area contributed by atoms with Crippen molar-refractivity contribution in [3.8, 4) is 0 Å². The summed E-state index contributed by atoms with van der Waals surface area (Å²) in [7, 11) is 0. The molecule has 5 heteroatoms. The molecule has 0 bridgehead atoms. The van der Waals surface area contributed by atoms with Gasteiger partial charge in [0.2, 0.25) is 0 Å². The van der Waals surface area contributed by atoms with Gasteiger partial charge in [-0.3, -0.25) is 0 Å². The van der Waals surface area contributed by atoms with Gasteiger partial charge in [-0.2, -0.15) is 11.8 Å². The molecule has 2 aliphatic heterocycles. The van der Waals surface area contributed by atoms with Crippen LogP contribution in [0.15, 0.2) is 0 Å². The van der Waals surface area contributed by atoms with E-state index in [0.29, 0.717) is 0 Å². The first-order valence-electron chi connectivity index (χ1n) is 5.64. The van der Waals surface area contributed by atoms with Crippen LogP contribution in [-0.4, -0.2) is 47.2 Å². The van der Waals surface area contributed by atoms with Crippen molar-refractivity contribution < 1.29 is 9.53 Å². The van der Waals surface area contributed by atoms with Crippen molar-refractivity contribution in [3.63, 3.8) is 0 Å². The third kappa shape index (κ3) is 2.15. The summed E-state index contributed by atoms with van der Waals surface area (Å²) in [5, 5.41) is 0. The molecule has 0 radical (unpaired) electrons. The molecule has 0 aliphatic carbocycles. The number of amides is 1. The van der Waals surface area contributed by atoms with Crippen LogP contribution in [0.2, 0.25) is 0 Å². The number of carbonyl (C=O) groups excluding carboxylic acids is 1. The van der Waals surface area contributed by atoms with E-state index in [2.05, 4.69) is 0 Å². The largest absolute Gasteiger partial charge is 0.444 e. The maximum atomic E-state index is 11.7. The average Bonchev–Trinajstić information content (AvgIpc) is 2.40. The molecular formula is C11H20N2O2S. The first-order chi connectivity index (χ1) is 7.32. The summed E-state index contributed by atoms with van der Waals surface area (Å²) in [6.07, 6.45) is -0.206. The molecule has 1 amide bonds. The van der Waals surface area contributed by atoms with Gasteiger partial charge < -0.3 is 15.4 Å². The van der Waals surface area contributed by atoms with Crippen molar-refractivity contribution in [2.24, 2.45) is 11.1 Å². The van der Waals surface area contributed by atoms with Gasteiger partial charge in [0.25, 0.3) is 0 Å². The second kappa shape index (κ2) is 3.81. The Balaban J connectivity index is 1.86. The molecule has 2 saturated heterocycles. The summed E-state index contributed by atoms with van der Waals surface area (Å²) in [5.41, 5.74) is 5.82. The van der Waals surface area contributed by atoms with Gasteiger partial charge in [0.05, 0.1) is 0 Å². The molecule has 16 heavy (non-hydrogen) atoms. The van der Waals surface area contributed by atoms with E-state index in [9.17, 15) is 4.79 Å². The van der Waals surface area contributed by atoms with Crippen LogP contribution in [0.3, 0.4) is 0 Å². The standard InChI is InChI=1S/C11H20N2O2S/c1-10(2,3)15-9(14)13-5-11(6-13)7-16-4-8(11)12/h8H,4-7,12H2,1-3H3. The minimum Gasteiger partial charge on any atom is -0.444 e. The van der Waals surface area contributed by atoms with E-state index in [1.807, 2.05) is 32.5 Å². The van der Waals surface area contributed by atoms with Gasteiger partial charge in [0.15, 0.2) is 0 Å². The maximum Gasteiger partial charge on any atom is 0.410 e. The lowest BCUT2D eigenvalue weighted by molar-refractivity contribution is -0.0299. The Morgan fingerprint density at radius 2 is 2.12 bits per heavy atom. The summed E-state index contributed by atoms with van der Waals surface area (Å²) in [5.74, 6) is 2.09.